The lowest BCUT2D eigenvalue weighted by molar-refractivity contribution is -0.385. The average Bonchev–Trinajstić information content (AvgIpc) is 3.15. The first kappa shape index (κ1) is 24.8. The number of aromatic nitrogens is 1. The first-order valence-corrected chi connectivity index (χ1v) is 10.3. The van der Waals surface area contributed by atoms with Crippen LogP contribution in [0.15, 0.2) is 42.5 Å². The molecule has 0 fully saturated rings. The fraction of sp³-hybridized carbons (Fsp3) is 0.190. The van der Waals surface area contributed by atoms with E-state index in [0.29, 0.717) is 16.6 Å². The minimum absolute atomic E-state index is 0.0605. The summed E-state index contributed by atoms with van der Waals surface area (Å²) in [7, 11) is 0. The molecule has 0 saturated carbocycles. The molecule has 0 saturated heterocycles. The molecule has 1 unspecified atom stereocenters. The summed E-state index contributed by atoms with van der Waals surface area (Å²) in [6.07, 6.45) is -6.48. The quantitative estimate of drug-likeness (QED) is 0.212. The van der Waals surface area contributed by atoms with Crippen LogP contribution in [0.5, 0.6) is 0 Å². The summed E-state index contributed by atoms with van der Waals surface area (Å²) < 4.78 is 58.1. The number of carbonyl (C=O) groups excluding carboxylic acids is 2. The summed E-state index contributed by atoms with van der Waals surface area (Å²) in [6.45, 7) is 2.68. The van der Waals surface area contributed by atoms with Gasteiger partial charge in [-0.1, -0.05) is 0 Å². The third-order valence-corrected chi connectivity index (χ3v) is 5.69. The molecule has 0 radical (unpaired) electrons. The number of thiazole rings is 1. The summed E-state index contributed by atoms with van der Waals surface area (Å²) in [5, 5.41) is 13.2. The minimum Gasteiger partial charge on any atom is -0.448 e. The number of ether oxygens (including phenoxy) is 1. The summed E-state index contributed by atoms with van der Waals surface area (Å²) in [6, 6.07) is 7.25. The molecule has 34 heavy (non-hydrogen) atoms. The molecule has 1 atom stereocenters. The van der Waals surface area contributed by atoms with Gasteiger partial charge < -0.3 is 10.1 Å². The Hall–Kier alpha value is -3.87. The van der Waals surface area contributed by atoms with E-state index < -0.39 is 51.8 Å². The molecule has 0 aliphatic rings. The normalized spacial score (nSPS) is 12.2. The maximum Gasteiger partial charge on any atom is 0.418 e. The molecule has 1 N–H and O–H groups in total. The van der Waals surface area contributed by atoms with Crippen molar-refractivity contribution in [3.05, 3.63) is 74.5 Å². The monoisotopic (exact) mass is 497 g/mol. The third-order valence-electron chi connectivity index (χ3n) is 4.50. The lowest BCUT2D eigenvalue weighted by Crippen LogP contribution is -2.30. The number of nitrogens with zero attached hydrogens (tertiary/aromatic N) is 2. The van der Waals surface area contributed by atoms with Crippen LogP contribution in [0.1, 0.15) is 27.9 Å². The van der Waals surface area contributed by atoms with E-state index in [9.17, 15) is 37.3 Å². The summed E-state index contributed by atoms with van der Waals surface area (Å²) in [5.41, 5.74) is -2.11. The van der Waals surface area contributed by atoms with Gasteiger partial charge in [0.2, 0.25) is 0 Å². The van der Waals surface area contributed by atoms with E-state index in [1.165, 1.54) is 31.2 Å². The van der Waals surface area contributed by atoms with E-state index in [1.54, 1.807) is 0 Å². The molecule has 0 aliphatic carbocycles. The number of halogens is 4. The van der Waals surface area contributed by atoms with Crippen molar-refractivity contribution in [2.45, 2.75) is 26.1 Å². The third kappa shape index (κ3) is 5.54. The van der Waals surface area contributed by atoms with Gasteiger partial charge in [0.25, 0.3) is 11.6 Å². The Balaban J connectivity index is 1.75. The van der Waals surface area contributed by atoms with Crippen LogP contribution in [0.25, 0.3) is 10.6 Å². The van der Waals surface area contributed by atoms with E-state index in [2.05, 4.69) is 4.98 Å². The van der Waals surface area contributed by atoms with Gasteiger partial charge in [-0.25, -0.2) is 14.2 Å². The zero-order chi connectivity index (χ0) is 25.2. The second kappa shape index (κ2) is 9.55. The summed E-state index contributed by atoms with van der Waals surface area (Å²) in [5.74, 6) is -2.45. The van der Waals surface area contributed by atoms with Gasteiger partial charge in [0.05, 0.1) is 21.9 Å². The maximum absolute atomic E-state index is 13.3. The number of nitro groups is 1. The zero-order valence-corrected chi connectivity index (χ0v) is 18.3. The standard InChI is InChI=1S/C21H15F4N3O5S/c1-10-17(34-19(26-10)12-3-5-13(22)6-4-12)20(30)33-11(2)18(29)27-16-8-7-14(28(31)32)9-15(16)21(23,24)25/h3-9,11H,1-2H3,(H,27,29). The number of amides is 1. The summed E-state index contributed by atoms with van der Waals surface area (Å²) >= 11 is 0.942. The topological polar surface area (TPSA) is 111 Å². The number of anilines is 1. The Morgan fingerprint density at radius 3 is 2.41 bits per heavy atom. The highest BCUT2D eigenvalue weighted by Crippen LogP contribution is 2.37. The molecule has 3 aromatic rings. The highest BCUT2D eigenvalue weighted by Gasteiger charge is 2.36. The number of nitrogens with one attached hydrogen (secondary N) is 1. The maximum atomic E-state index is 13.3. The second-order valence-electron chi connectivity index (χ2n) is 6.96. The number of carbonyl (C=O) groups is 2. The molecule has 0 bridgehead atoms. The van der Waals surface area contributed by atoms with Crippen LogP contribution in [-0.4, -0.2) is 27.9 Å². The van der Waals surface area contributed by atoms with E-state index in [0.717, 1.165) is 30.4 Å². The number of benzene rings is 2. The molecule has 2 aromatic carbocycles. The van der Waals surface area contributed by atoms with E-state index in [1.807, 2.05) is 5.32 Å². The lowest BCUT2D eigenvalue weighted by atomic mass is 10.1. The van der Waals surface area contributed by atoms with Gasteiger partial charge in [0, 0.05) is 17.7 Å². The van der Waals surface area contributed by atoms with Crippen LogP contribution in [0.2, 0.25) is 0 Å². The molecule has 0 spiro atoms. The van der Waals surface area contributed by atoms with E-state index in [4.69, 9.17) is 4.74 Å². The largest absolute Gasteiger partial charge is 0.448 e. The van der Waals surface area contributed by atoms with Crippen molar-refractivity contribution >= 4 is 34.6 Å². The van der Waals surface area contributed by atoms with Crippen molar-refractivity contribution in [2.75, 3.05) is 5.32 Å². The van der Waals surface area contributed by atoms with Crippen molar-refractivity contribution in [3.8, 4) is 10.6 Å². The Bertz CT molecular complexity index is 1260. The fourth-order valence-electron chi connectivity index (χ4n) is 2.79. The van der Waals surface area contributed by atoms with Crippen LogP contribution in [0, 0.1) is 22.9 Å². The molecule has 178 valence electrons. The van der Waals surface area contributed by atoms with E-state index in [-0.39, 0.29) is 10.6 Å². The second-order valence-corrected chi connectivity index (χ2v) is 7.96. The average molecular weight is 497 g/mol. The van der Waals surface area contributed by atoms with Crippen LogP contribution < -0.4 is 5.32 Å². The van der Waals surface area contributed by atoms with Gasteiger partial charge >= 0.3 is 12.1 Å². The Morgan fingerprint density at radius 2 is 1.82 bits per heavy atom. The first-order chi connectivity index (χ1) is 15.9. The van der Waals surface area contributed by atoms with Gasteiger partial charge in [-0.2, -0.15) is 13.2 Å². The number of nitro benzene ring substituents is 1. The number of non-ortho nitro benzene ring substituents is 1. The van der Waals surface area contributed by atoms with Crippen molar-refractivity contribution in [1.29, 1.82) is 0 Å². The Labute approximate surface area is 193 Å². The number of aryl methyl sites for hydroxylation is 1. The number of hydrogen-bond acceptors (Lipinski definition) is 7. The van der Waals surface area contributed by atoms with Gasteiger partial charge in [-0.3, -0.25) is 14.9 Å². The van der Waals surface area contributed by atoms with Crippen LogP contribution >= 0.6 is 11.3 Å². The zero-order valence-electron chi connectivity index (χ0n) is 17.5. The Morgan fingerprint density at radius 1 is 1.18 bits per heavy atom. The molecule has 0 aliphatic heterocycles. The molecule has 1 aromatic heterocycles. The first-order valence-electron chi connectivity index (χ1n) is 9.47. The van der Waals surface area contributed by atoms with Crippen molar-refractivity contribution in [1.82, 2.24) is 4.98 Å². The summed E-state index contributed by atoms with van der Waals surface area (Å²) in [4.78, 5) is 39.0. The highest BCUT2D eigenvalue weighted by atomic mass is 32.1. The molecule has 8 nitrogen and oxygen atoms in total. The lowest BCUT2D eigenvalue weighted by Gasteiger charge is -2.16. The van der Waals surface area contributed by atoms with Crippen LogP contribution in [0.4, 0.5) is 28.9 Å². The predicted molar refractivity (Wildman–Crippen MR) is 114 cm³/mol. The van der Waals surface area contributed by atoms with Gasteiger partial charge in [-0.15, -0.1) is 11.3 Å². The van der Waals surface area contributed by atoms with Gasteiger partial charge in [0.15, 0.2) is 6.10 Å². The molecule has 13 heteroatoms. The molecule has 1 amide bonds. The fourth-order valence-corrected chi connectivity index (χ4v) is 3.75. The number of esters is 1. The Kier molecular flexibility index (Phi) is 6.96. The molecule has 3 rings (SSSR count). The SMILES string of the molecule is Cc1nc(-c2ccc(F)cc2)sc1C(=O)OC(C)C(=O)Nc1ccc([N+](=O)[O-])cc1C(F)(F)F. The number of hydrogen-bond donors (Lipinski definition) is 1. The van der Waals surface area contributed by atoms with Crippen molar-refractivity contribution in [2.24, 2.45) is 0 Å². The van der Waals surface area contributed by atoms with Gasteiger partial charge in [-0.05, 0) is 44.2 Å². The molecule has 1 heterocycles. The molecular weight excluding hydrogens is 482 g/mol. The smallest absolute Gasteiger partial charge is 0.418 e. The predicted octanol–water partition coefficient (Wildman–Crippen LogP) is 5.37. The van der Waals surface area contributed by atoms with Crippen molar-refractivity contribution < 1.29 is 36.8 Å². The van der Waals surface area contributed by atoms with Gasteiger partial charge in [0.1, 0.15) is 15.7 Å². The van der Waals surface area contributed by atoms with Crippen LogP contribution in [-0.2, 0) is 15.7 Å². The minimum atomic E-state index is -4.98. The number of rotatable bonds is 6. The number of alkyl halides is 3. The van der Waals surface area contributed by atoms with Crippen molar-refractivity contribution in [3.63, 3.8) is 0 Å². The highest BCUT2D eigenvalue weighted by molar-refractivity contribution is 7.17. The van der Waals surface area contributed by atoms with E-state index >= 15 is 0 Å². The van der Waals surface area contributed by atoms with Crippen LogP contribution in [0.3, 0.4) is 0 Å². The molecular formula is C21H15F4N3O5S.